The number of nitrogens with one attached hydrogen (secondary N) is 1. The summed E-state index contributed by atoms with van der Waals surface area (Å²) in [4.78, 5) is 28.6. The lowest BCUT2D eigenvalue weighted by Gasteiger charge is -2.19. The number of hydrogen-bond donors (Lipinski definition) is 3. The van der Waals surface area contributed by atoms with Crippen LogP contribution in [-0.4, -0.2) is 33.1 Å². The molecule has 1 aromatic heterocycles. The number of aromatic nitrogens is 1. The van der Waals surface area contributed by atoms with Crippen LogP contribution in [0.15, 0.2) is 36.4 Å². The summed E-state index contributed by atoms with van der Waals surface area (Å²) in [5, 5.41) is 22.6. The van der Waals surface area contributed by atoms with Crippen LogP contribution in [0.1, 0.15) is 48.4 Å². The van der Waals surface area contributed by atoms with Crippen LogP contribution >= 0.6 is 0 Å². The minimum atomic E-state index is -1.17. The number of carboxylic acids is 1. The van der Waals surface area contributed by atoms with Gasteiger partial charge in [-0.25, -0.2) is 9.37 Å². The molecular weight excluding hydrogens is 387 g/mol. The summed E-state index contributed by atoms with van der Waals surface area (Å²) in [6.07, 6.45) is 0. The predicted octanol–water partition coefficient (Wildman–Crippen LogP) is 4.38. The maximum atomic E-state index is 13.8. The van der Waals surface area contributed by atoms with E-state index in [9.17, 15) is 19.1 Å². The maximum absolute atomic E-state index is 13.8. The number of aryl methyl sites for hydroxylation is 1. The number of benzene rings is 2. The molecule has 0 aliphatic heterocycles. The topological polar surface area (TPSA) is 99.5 Å². The molecule has 156 valence electrons. The zero-order valence-electron chi connectivity index (χ0n) is 17.2. The second kappa shape index (κ2) is 8.10. The molecule has 3 N–H and O–H groups in total. The zero-order valence-corrected chi connectivity index (χ0v) is 17.2. The van der Waals surface area contributed by atoms with E-state index in [-0.39, 0.29) is 23.2 Å². The minimum Gasteiger partial charge on any atom is -0.508 e. The summed E-state index contributed by atoms with van der Waals surface area (Å²) in [7, 11) is 0. The average molecular weight is 410 g/mol. The van der Waals surface area contributed by atoms with Crippen molar-refractivity contribution in [2.75, 3.05) is 0 Å². The monoisotopic (exact) mass is 410 g/mol. The summed E-state index contributed by atoms with van der Waals surface area (Å²) < 4.78 is 13.8. The lowest BCUT2D eigenvalue weighted by molar-refractivity contribution is -0.138. The third-order valence-electron chi connectivity index (χ3n) is 4.94. The van der Waals surface area contributed by atoms with E-state index in [2.05, 4.69) is 10.3 Å². The van der Waals surface area contributed by atoms with Gasteiger partial charge in [-0.3, -0.25) is 9.59 Å². The Bertz CT molecular complexity index is 1160. The van der Waals surface area contributed by atoms with Crippen LogP contribution < -0.4 is 5.32 Å². The van der Waals surface area contributed by atoms with Crippen LogP contribution in [0.3, 0.4) is 0 Å². The number of hydrogen-bond acceptors (Lipinski definition) is 4. The van der Waals surface area contributed by atoms with E-state index >= 15 is 0 Å². The third-order valence-corrected chi connectivity index (χ3v) is 4.94. The largest absolute Gasteiger partial charge is 0.508 e. The first-order chi connectivity index (χ1) is 14.1. The number of amides is 1. The van der Waals surface area contributed by atoms with Crippen molar-refractivity contribution in [3.63, 3.8) is 0 Å². The van der Waals surface area contributed by atoms with Crippen LogP contribution in [0.25, 0.3) is 21.9 Å². The van der Waals surface area contributed by atoms with Crippen LogP contribution in [0.5, 0.6) is 5.75 Å². The Kier molecular flexibility index (Phi) is 5.73. The number of halogens is 1. The lowest BCUT2D eigenvalue weighted by Crippen LogP contribution is -2.38. The highest BCUT2D eigenvalue weighted by Gasteiger charge is 2.24. The van der Waals surface area contributed by atoms with Crippen LogP contribution in [-0.2, 0) is 4.79 Å². The molecule has 0 saturated carbocycles. The number of pyridine rings is 1. The van der Waals surface area contributed by atoms with E-state index < -0.39 is 17.9 Å². The molecule has 0 saturated heterocycles. The lowest BCUT2D eigenvalue weighted by atomic mass is 9.90. The normalized spacial score (nSPS) is 12.2. The van der Waals surface area contributed by atoms with E-state index in [1.54, 1.807) is 25.1 Å². The van der Waals surface area contributed by atoms with Crippen molar-refractivity contribution in [1.82, 2.24) is 10.3 Å². The molecule has 3 rings (SSSR count). The van der Waals surface area contributed by atoms with Gasteiger partial charge in [0.1, 0.15) is 23.3 Å². The summed E-state index contributed by atoms with van der Waals surface area (Å²) in [5.74, 6) is -2.27. The first-order valence-corrected chi connectivity index (χ1v) is 9.57. The molecule has 1 heterocycles. The standard InChI is InChI=1S/C23H23FN2O4/c1-11(2)20-19(14-5-8-18(24)12(3)9-14)16-7-6-15(27)10-17(16)21(26-20)22(28)25-13(4)23(29)30/h5-11,13,27H,1-4H3,(H,25,28)(H,29,30). The molecular formula is C23H23FN2O4. The summed E-state index contributed by atoms with van der Waals surface area (Å²) in [6, 6.07) is 8.27. The van der Waals surface area contributed by atoms with Gasteiger partial charge >= 0.3 is 5.97 Å². The number of carbonyl (C=O) groups is 2. The number of phenolic OH excluding ortho intramolecular Hbond substituents is 1. The number of phenols is 1. The molecule has 1 unspecified atom stereocenters. The van der Waals surface area contributed by atoms with Crippen molar-refractivity contribution in [1.29, 1.82) is 0 Å². The van der Waals surface area contributed by atoms with E-state index in [0.29, 0.717) is 22.0 Å². The quantitative estimate of drug-likeness (QED) is 0.580. The smallest absolute Gasteiger partial charge is 0.325 e. The number of aliphatic carboxylic acids is 1. The van der Waals surface area contributed by atoms with Gasteiger partial charge in [-0.15, -0.1) is 0 Å². The molecule has 0 aliphatic carbocycles. The average Bonchev–Trinajstić information content (AvgIpc) is 2.68. The highest BCUT2D eigenvalue weighted by atomic mass is 19.1. The molecule has 0 fully saturated rings. The molecule has 0 aliphatic rings. The Morgan fingerprint density at radius 3 is 2.37 bits per heavy atom. The number of nitrogens with zero attached hydrogens (tertiary/aromatic N) is 1. The van der Waals surface area contributed by atoms with Gasteiger partial charge in [-0.2, -0.15) is 0 Å². The van der Waals surface area contributed by atoms with Gasteiger partial charge in [0.15, 0.2) is 0 Å². The van der Waals surface area contributed by atoms with Crippen LogP contribution in [0.4, 0.5) is 4.39 Å². The molecule has 1 atom stereocenters. The SMILES string of the molecule is Cc1cc(-c2c(C(C)C)nc(C(=O)NC(C)C(=O)O)c3cc(O)ccc23)ccc1F. The van der Waals surface area contributed by atoms with Gasteiger partial charge in [0, 0.05) is 10.9 Å². The summed E-state index contributed by atoms with van der Waals surface area (Å²) >= 11 is 0. The summed E-state index contributed by atoms with van der Waals surface area (Å²) in [5.41, 5.74) is 2.61. The maximum Gasteiger partial charge on any atom is 0.325 e. The Balaban J connectivity index is 2.33. The fourth-order valence-electron chi connectivity index (χ4n) is 3.34. The fourth-order valence-corrected chi connectivity index (χ4v) is 3.34. The molecule has 30 heavy (non-hydrogen) atoms. The number of carbonyl (C=O) groups excluding carboxylic acids is 1. The van der Waals surface area contributed by atoms with Crippen molar-refractivity contribution < 1.29 is 24.2 Å². The van der Waals surface area contributed by atoms with Crippen molar-refractivity contribution in [3.05, 3.63) is 59.2 Å². The number of fused-ring (bicyclic) bond motifs is 1. The Hall–Kier alpha value is -3.48. The van der Waals surface area contributed by atoms with Crippen molar-refractivity contribution >= 4 is 22.6 Å². The van der Waals surface area contributed by atoms with Gasteiger partial charge in [-0.05, 0) is 66.6 Å². The first-order valence-electron chi connectivity index (χ1n) is 9.57. The second-order valence-electron chi connectivity index (χ2n) is 7.60. The Morgan fingerprint density at radius 1 is 1.07 bits per heavy atom. The fraction of sp³-hybridized carbons (Fsp3) is 0.261. The molecule has 6 nitrogen and oxygen atoms in total. The van der Waals surface area contributed by atoms with E-state index in [1.807, 2.05) is 13.8 Å². The van der Waals surface area contributed by atoms with Crippen molar-refractivity contribution in [2.24, 2.45) is 0 Å². The van der Waals surface area contributed by atoms with Crippen LogP contribution in [0, 0.1) is 12.7 Å². The first kappa shape index (κ1) is 21.2. The van der Waals surface area contributed by atoms with Crippen LogP contribution in [0.2, 0.25) is 0 Å². The molecule has 2 aromatic carbocycles. The van der Waals surface area contributed by atoms with E-state index in [0.717, 1.165) is 11.1 Å². The Morgan fingerprint density at radius 2 is 1.77 bits per heavy atom. The molecule has 1 amide bonds. The number of rotatable bonds is 5. The van der Waals surface area contributed by atoms with Gasteiger partial charge in [0.2, 0.25) is 0 Å². The predicted molar refractivity (Wildman–Crippen MR) is 112 cm³/mol. The highest BCUT2D eigenvalue weighted by molar-refractivity contribution is 6.10. The van der Waals surface area contributed by atoms with Crippen molar-refractivity contribution in [2.45, 2.75) is 39.7 Å². The molecule has 0 bridgehead atoms. The minimum absolute atomic E-state index is 0.0280. The summed E-state index contributed by atoms with van der Waals surface area (Å²) in [6.45, 7) is 6.88. The van der Waals surface area contributed by atoms with Gasteiger partial charge in [0.05, 0.1) is 5.69 Å². The Labute approximate surface area is 173 Å². The molecule has 7 heteroatoms. The molecule has 0 spiro atoms. The number of aromatic hydroxyl groups is 1. The number of carboxylic acid groups (broad SMARTS) is 1. The van der Waals surface area contributed by atoms with E-state index in [4.69, 9.17) is 5.11 Å². The van der Waals surface area contributed by atoms with Gasteiger partial charge in [0.25, 0.3) is 5.91 Å². The van der Waals surface area contributed by atoms with E-state index in [1.165, 1.54) is 25.1 Å². The van der Waals surface area contributed by atoms with Gasteiger partial charge < -0.3 is 15.5 Å². The molecule has 0 radical (unpaired) electrons. The van der Waals surface area contributed by atoms with Crippen molar-refractivity contribution in [3.8, 4) is 16.9 Å². The molecule has 3 aromatic rings. The highest BCUT2D eigenvalue weighted by Crippen LogP contribution is 2.38. The zero-order chi connectivity index (χ0) is 22.2. The second-order valence-corrected chi connectivity index (χ2v) is 7.60. The van der Waals surface area contributed by atoms with Gasteiger partial charge in [-0.1, -0.05) is 19.9 Å². The third kappa shape index (κ3) is 3.96.